The molecule has 0 spiro atoms. The summed E-state index contributed by atoms with van der Waals surface area (Å²) in [6.07, 6.45) is -0.356. The smallest absolute Gasteiger partial charge is 0.122 e. The number of aliphatic hydroxyl groups excluding tert-OH is 1. The molecule has 0 aromatic heterocycles. The van der Waals surface area contributed by atoms with Crippen LogP contribution >= 0.6 is 0 Å². The van der Waals surface area contributed by atoms with E-state index in [4.69, 9.17) is 4.74 Å². The van der Waals surface area contributed by atoms with Gasteiger partial charge in [0.05, 0.1) is 13.2 Å². The van der Waals surface area contributed by atoms with E-state index < -0.39 is 0 Å². The highest BCUT2D eigenvalue weighted by Gasteiger charge is 2.15. The fraction of sp³-hybridized carbons (Fsp3) is 0.500. The number of hydrogen-bond donors (Lipinski definition) is 1. The molecule has 0 aliphatic heterocycles. The van der Waals surface area contributed by atoms with Gasteiger partial charge in [-0.2, -0.15) is 0 Å². The first-order valence-electron chi connectivity index (χ1n) is 4.89. The van der Waals surface area contributed by atoms with E-state index in [1.165, 1.54) is 5.56 Å². The zero-order chi connectivity index (χ0) is 10.7. The molecule has 1 N–H and O–H groups in total. The first-order chi connectivity index (χ1) is 6.56. The third-order valence-electron chi connectivity index (χ3n) is 2.60. The van der Waals surface area contributed by atoms with Gasteiger partial charge in [-0.1, -0.05) is 24.6 Å². The second-order valence-electron chi connectivity index (χ2n) is 3.77. The Hall–Kier alpha value is -1.02. The first kappa shape index (κ1) is 11.1. The van der Waals surface area contributed by atoms with Crippen molar-refractivity contribution in [3.05, 3.63) is 29.3 Å². The lowest BCUT2D eigenvalue weighted by atomic mass is 9.94. The Morgan fingerprint density at radius 3 is 2.43 bits per heavy atom. The average molecular weight is 194 g/mol. The van der Waals surface area contributed by atoms with Crippen LogP contribution in [-0.2, 0) is 0 Å². The van der Waals surface area contributed by atoms with Crippen molar-refractivity contribution < 1.29 is 9.84 Å². The van der Waals surface area contributed by atoms with Gasteiger partial charge in [0, 0.05) is 5.92 Å². The molecule has 0 heterocycles. The number of methoxy groups -OCH3 is 1. The van der Waals surface area contributed by atoms with Gasteiger partial charge in [0.15, 0.2) is 0 Å². The molecule has 2 atom stereocenters. The summed E-state index contributed by atoms with van der Waals surface area (Å²) < 4.78 is 5.26. The van der Waals surface area contributed by atoms with Crippen LogP contribution in [0.25, 0.3) is 0 Å². The van der Waals surface area contributed by atoms with Gasteiger partial charge < -0.3 is 9.84 Å². The van der Waals surface area contributed by atoms with Crippen molar-refractivity contribution in [2.24, 2.45) is 0 Å². The maximum absolute atomic E-state index is 9.53. The Morgan fingerprint density at radius 2 is 1.93 bits per heavy atom. The van der Waals surface area contributed by atoms with Crippen molar-refractivity contribution in [1.82, 2.24) is 0 Å². The van der Waals surface area contributed by atoms with E-state index in [0.717, 1.165) is 11.3 Å². The normalized spacial score (nSPS) is 14.9. The molecule has 0 saturated heterocycles. The highest BCUT2D eigenvalue weighted by Crippen LogP contribution is 2.29. The van der Waals surface area contributed by atoms with Gasteiger partial charge in [-0.3, -0.25) is 0 Å². The standard InChI is InChI=1S/C12H18O2/c1-8-5-6-12(14-4)11(7-8)9(2)10(3)13/h5-7,9-10,13H,1-4H3. The summed E-state index contributed by atoms with van der Waals surface area (Å²) in [6.45, 7) is 5.84. The fourth-order valence-corrected chi connectivity index (χ4v) is 1.47. The minimum Gasteiger partial charge on any atom is -0.496 e. The molecule has 14 heavy (non-hydrogen) atoms. The minimum atomic E-state index is -0.356. The zero-order valence-corrected chi connectivity index (χ0v) is 9.24. The molecule has 0 bridgehead atoms. The van der Waals surface area contributed by atoms with E-state index in [0.29, 0.717) is 0 Å². The maximum atomic E-state index is 9.53. The molecule has 0 saturated carbocycles. The van der Waals surface area contributed by atoms with Crippen LogP contribution in [0.4, 0.5) is 0 Å². The Balaban J connectivity index is 3.10. The lowest BCUT2D eigenvalue weighted by Gasteiger charge is -2.18. The van der Waals surface area contributed by atoms with Gasteiger partial charge in [0.25, 0.3) is 0 Å². The SMILES string of the molecule is COc1ccc(C)cc1C(C)C(C)O. The fourth-order valence-electron chi connectivity index (χ4n) is 1.47. The van der Waals surface area contributed by atoms with Crippen LogP contribution in [0.15, 0.2) is 18.2 Å². The summed E-state index contributed by atoms with van der Waals surface area (Å²) in [7, 11) is 1.66. The van der Waals surface area contributed by atoms with Crippen LogP contribution in [0.5, 0.6) is 5.75 Å². The lowest BCUT2D eigenvalue weighted by Crippen LogP contribution is -2.12. The van der Waals surface area contributed by atoms with Gasteiger partial charge in [-0.15, -0.1) is 0 Å². The number of benzene rings is 1. The van der Waals surface area contributed by atoms with Gasteiger partial charge in [0.2, 0.25) is 0 Å². The molecular weight excluding hydrogens is 176 g/mol. The van der Waals surface area contributed by atoms with Crippen LogP contribution in [0.1, 0.15) is 30.9 Å². The van der Waals surface area contributed by atoms with Crippen LogP contribution in [-0.4, -0.2) is 18.3 Å². The number of aryl methyl sites for hydroxylation is 1. The molecule has 0 fully saturated rings. The summed E-state index contributed by atoms with van der Waals surface area (Å²) in [5, 5.41) is 9.53. The number of rotatable bonds is 3. The predicted molar refractivity (Wildman–Crippen MR) is 57.8 cm³/mol. The van der Waals surface area contributed by atoms with Crippen molar-refractivity contribution in [3.63, 3.8) is 0 Å². The van der Waals surface area contributed by atoms with E-state index in [9.17, 15) is 5.11 Å². The number of hydrogen-bond acceptors (Lipinski definition) is 2. The quantitative estimate of drug-likeness (QED) is 0.801. The summed E-state index contributed by atoms with van der Waals surface area (Å²) in [5.74, 6) is 0.953. The van der Waals surface area contributed by atoms with Crippen LogP contribution in [0, 0.1) is 6.92 Å². The Labute approximate surface area is 85.5 Å². The predicted octanol–water partition coefficient (Wildman–Crippen LogP) is 2.49. The highest BCUT2D eigenvalue weighted by atomic mass is 16.5. The Morgan fingerprint density at radius 1 is 1.29 bits per heavy atom. The monoisotopic (exact) mass is 194 g/mol. The third kappa shape index (κ3) is 2.26. The molecule has 0 amide bonds. The first-order valence-corrected chi connectivity index (χ1v) is 4.89. The summed E-state index contributed by atoms with van der Waals surface area (Å²) in [5.41, 5.74) is 2.26. The Kier molecular flexibility index (Phi) is 3.53. The van der Waals surface area contributed by atoms with E-state index in [1.807, 2.05) is 26.0 Å². The maximum Gasteiger partial charge on any atom is 0.122 e. The largest absolute Gasteiger partial charge is 0.496 e. The lowest BCUT2D eigenvalue weighted by molar-refractivity contribution is 0.167. The molecule has 2 heteroatoms. The summed E-state index contributed by atoms with van der Waals surface area (Å²) in [4.78, 5) is 0. The van der Waals surface area contributed by atoms with E-state index in [1.54, 1.807) is 14.0 Å². The number of aliphatic hydroxyl groups is 1. The topological polar surface area (TPSA) is 29.5 Å². The van der Waals surface area contributed by atoms with Crippen molar-refractivity contribution in [1.29, 1.82) is 0 Å². The van der Waals surface area contributed by atoms with E-state index in [2.05, 4.69) is 6.07 Å². The van der Waals surface area contributed by atoms with E-state index >= 15 is 0 Å². The summed E-state index contributed by atoms with van der Waals surface area (Å²) >= 11 is 0. The van der Waals surface area contributed by atoms with Crippen molar-refractivity contribution in [2.45, 2.75) is 32.8 Å². The van der Waals surface area contributed by atoms with Crippen LogP contribution in [0.2, 0.25) is 0 Å². The van der Waals surface area contributed by atoms with Gasteiger partial charge in [-0.05, 0) is 25.5 Å². The van der Waals surface area contributed by atoms with Crippen molar-refractivity contribution >= 4 is 0 Å². The van der Waals surface area contributed by atoms with Crippen LogP contribution in [0.3, 0.4) is 0 Å². The second-order valence-corrected chi connectivity index (χ2v) is 3.77. The number of ether oxygens (including phenoxy) is 1. The van der Waals surface area contributed by atoms with Gasteiger partial charge in [0.1, 0.15) is 5.75 Å². The van der Waals surface area contributed by atoms with Crippen molar-refractivity contribution in [3.8, 4) is 5.75 Å². The molecule has 0 aliphatic carbocycles. The molecule has 1 aromatic rings. The molecular formula is C12H18O2. The molecule has 1 aromatic carbocycles. The zero-order valence-electron chi connectivity index (χ0n) is 9.24. The second kappa shape index (κ2) is 4.47. The molecule has 2 unspecified atom stereocenters. The molecule has 1 rings (SSSR count). The summed E-state index contributed by atoms with van der Waals surface area (Å²) in [6, 6.07) is 6.02. The van der Waals surface area contributed by atoms with Gasteiger partial charge >= 0.3 is 0 Å². The molecule has 0 aliphatic rings. The van der Waals surface area contributed by atoms with E-state index in [-0.39, 0.29) is 12.0 Å². The average Bonchev–Trinajstić information content (AvgIpc) is 2.16. The van der Waals surface area contributed by atoms with Gasteiger partial charge in [-0.25, -0.2) is 0 Å². The molecule has 2 nitrogen and oxygen atoms in total. The Bertz CT molecular complexity index is 305. The van der Waals surface area contributed by atoms with Crippen LogP contribution < -0.4 is 4.74 Å². The van der Waals surface area contributed by atoms with Crippen molar-refractivity contribution in [2.75, 3.05) is 7.11 Å². The third-order valence-corrected chi connectivity index (χ3v) is 2.60. The minimum absolute atomic E-state index is 0.102. The molecule has 0 radical (unpaired) electrons. The highest BCUT2D eigenvalue weighted by molar-refractivity contribution is 5.39. The molecule has 78 valence electrons.